The van der Waals surface area contributed by atoms with Crippen LogP contribution in [0.5, 0.6) is 0 Å². The van der Waals surface area contributed by atoms with E-state index < -0.39 is 0 Å². The molecule has 2 heteroatoms. The second kappa shape index (κ2) is 4.29. The third-order valence-corrected chi connectivity index (χ3v) is 1.70. The van der Waals surface area contributed by atoms with Gasteiger partial charge >= 0.3 is 0 Å². The molecule has 0 saturated carbocycles. The Hall–Kier alpha value is -0.630. The van der Waals surface area contributed by atoms with E-state index in [1.54, 1.807) is 0 Å². The maximum Gasteiger partial charge on any atom is 0.106 e. The van der Waals surface area contributed by atoms with Crippen LogP contribution in [0.25, 0.3) is 6.08 Å². The third kappa shape index (κ3) is 2.85. The first-order chi connectivity index (χ1) is 5.33. The minimum absolute atomic E-state index is 0.885. The summed E-state index contributed by atoms with van der Waals surface area (Å²) in [5.74, 6) is 0. The van der Waals surface area contributed by atoms with Gasteiger partial charge < -0.3 is 0 Å². The van der Waals surface area contributed by atoms with Crippen LogP contribution in [0.1, 0.15) is 19.0 Å². The van der Waals surface area contributed by atoms with Gasteiger partial charge in [-0.2, -0.15) is 0 Å². The molecule has 0 amide bonds. The smallest absolute Gasteiger partial charge is 0.106 e. The van der Waals surface area contributed by atoms with Gasteiger partial charge in [0.1, 0.15) is 4.60 Å². The Morgan fingerprint density at radius 2 is 2.36 bits per heavy atom. The molecule has 1 aromatic heterocycles. The summed E-state index contributed by atoms with van der Waals surface area (Å²) in [5, 5.41) is 0. The van der Waals surface area contributed by atoms with Crippen molar-refractivity contribution in [3.63, 3.8) is 0 Å². The van der Waals surface area contributed by atoms with Gasteiger partial charge in [-0.15, -0.1) is 0 Å². The van der Waals surface area contributed by atoms with Crippen LogP contribution >= 0.6 is 15.9 Å². The minimum atomic E-state index is 0.885. The zero-order chi connectivity index (χ0) is 8.10. The number of hydrogen-bond acceptors (Lipinski definition) is 1. The van der Waals surface area contributed by atoms with Crippen LogP contribution in [0.3, 0.4) is 0 Å². The number of rotatable bonds is 2. The second-order valence-corrected chi connectivity index (χ2v) is 3.01. The second-order valence-electron chi connectivity index (χ2n) is 2.20. The van der Waals surface area contributed by atoms with E-state index in [2.05, 4.69) is 33.9 Å². The molecule has 0 spiro atoms. The Morgan fingerprint density at radius 3 is 3.00 bits per heavy atom. The fourth-order valence-electron chi connectivity index (χ4n) is 0.755. The van der Waals surface area contributed by atoms with Crippen LogP contribution in [-0.2, 0) is 0 Å². The molecule has 0 aliphatic carbocycles. The molecular formula is C9H10BrN. The summed E-state index contributed by atoms with van der Waals surface area (Å²) >= 11 is 3.31. The van der Waals surface area contributed by atoms with Crippen LogP contribution in [0.2, 0.25) is 0 Å². The molecule has 58 valence electrons. The highest BCUT2D eigenvalue weighted by molar-refractivity contribution is 9.10. The summed E-state index contributed by atoms with van der Waals surface area (Å²) in [6.45, 7) is 2.11. The number of hydrogen-bond donors (Lipinski definition) is 0. The van der Waals surface area contributed by atoms with Crippen molar-refractivity contribution in [2.45, 2.75) is 13.3 Å². The van der Waals surface area contributed by atoms with Crippen molar-refractivity contribution in [2.75, 3.05) is 0 Å². The molecule has 0 saturated heterocycles. The average Bonchev–Trinajstić information content (AvgIpc) is 2.01. The molecule has 1 nitrogen and oxygen atoms in total. The maximum atomic E-state index is 4.24. The maximum absolute atomic E-state index is 4.24. The highest BCUT2D eigenvalue weighted by Gasteiger charge is 1.87. The standard InChI is InChI=1S/C9H10BrN/c1-2-3-5-8-6-4-7-9(10)11-8/h3-7H,2H2,1H3/b5-3+. The monoisotopic (exact) mass is 211 g/mol. The predicted octanol–water partition coefficient (Wildman–Crippen LogP) is 3.27. The lowest BCUT2D eigenvalue weighted by atomic mass is 10.3. The Balaban J connectivity index is 2.79. The van der Waals surface area contributed by atoms with Crippen LogP contribution in [0, 0.1) is 0 Å². The molecular weight excluding hydrogens is 202 g/mol. The minimum Gasteiger partial charge on any atom is -0.242 e. The van der Waals surface area contributed by atoms with E-state index in [0.717, 1.165) is 16.7 Å². The molecule has 1 rings (SSSR count). The molecule has 0 N–H and O–H groups in total. The predicted molar refractivity (Wildman–Crippen MR) is 51.3 cm³/mol. The lowest BCUT2D eigenvalue weighted by Crippen LogP contribution is -1.79. The molecule has 0 aliphatic rings. The first-order valence-corrected chi connectivity index (χ1v) is 4.41. The number of nitrogens with zero attached hydrogens (tertiary/aromatic N) is 1. The van der Waals surface area contributed by atoms with Crippen LogP contribution < -0.4 is 0 Å². The van der Waals surface area contributed by atoms with E-state index in [1.165, 1.54) is 0 Å². The lowest BCUT2D eigenvalue weighted by molar-refractivity contribution is 1.21. The van der Waals surface area contributed by atoms with Gasteiger partial charge in [-0.25, -0.2) is 4.98 Å². The molecule has 11 heavy (non-hydrogen) atoms. The van der Waals surface area contributed by atoms with Crippen LogP contribution in [-0.4, -0.2) is 4.98 Å². The third-order valence-electron chi connectivity index (χ3n) is 1.26. The SMILES string of the molecule is CC/C=C/c1cccc(Br)n1. The summed E-state index contributed by atoms with van der Waals surface area (Å²) in [6, 6.07) is 5.88. The van der Waals surface area contributed by atoms with Crippen molar-refractivity contribution in [1.82, 2.24) is 4.98 Å². The van der Waals surface area contributed by atoms with Gasteiger partial charge in [0.2, 0.25) is 0 Å². The van der Waals surface area contributed by atoms with E-state index in [-0.39, 0.29) is 0 Å². The van der Waals surface area contributed by atoms with Gasteiger partial charge in [0, 0.05) is 0 Å². The number of allylic oxidation sites excluding steroid dienone is 1. The van der Waals surface area contributed by atoms with Crippen molar-refractivity contribution >= 4 is 22.0 Å². The number of halogens is 1. The topological polar surface area (TPSA) is 12.9 Å². The first kappa shape index (κ1) is 8.47. The molecule has 0 atom stereocenters. The molecule has 0 radical (unpaired) electrons. The summed E-state index contributed by atoms with van der Waals surface area (Å²) in [7, 11) is 0. The summed E-state index contributed by atoms with van der Waals surface area (Å²) in [6.07, 6.45) is 5.16. The van der Waals surface area contributed by atoms with Crippen molar-refractivity contribution in [3.8, 4) is 0 Å². The molecule has 1 aromatic rings. The molecule has 1 heterocycles. The average molecular weight is 212 g/mol. The van der Waals surface area contributed by atoms with E-state index in [4.69, 9.17) is 0 Å². The van der Waals surface area contributed by atoms with Crippen molar-refractivity contribution in [2.24, 2.45) is 0 Å². The van der Waals surface area contributed by atoms with Crippen molar-refractivity contribution in [1.29, 1.82) is 0 Å². The molecule has 0 aromatic carbocycles. The molecule has 0 fully saturated rings. The largest absolute Gasteiger partial charge is 0.242 e. The van der Waals surface area contributed by atoms with Crippen LogP contribution in [0.15, 0.2) is 28.9 Å². The van der Waals surface area contributed by atoms with Crippen LogP contribution in [0.4, 0.5) is 0 Å². The van der Waals surface area contributed by atoms with Crippen molar-refractivity contribution < 1.29 is 0 Å². The number of aromatic nitrogens is 1. The lowest BCUT2D eigenvalue weighted by Gasteiger charge is -1.91. The van der Waals surface area contributed by atoms with E-state index in [1.807, 2.05) is 24.3 Å². The Kier molecular flexibility index (Phi) is 3.30. The van der Waals surface area contributed by atoms with Gasteiger partial charge in [-0.3, -0.25) is 0 Å². The zero-order valence-corrected chi connectivity index (χ0v) is 8.01. The first-order valence-electron chi connectivity index (χ1n) is 3.62. The normalized spacial score (nSPS) is 10.7. The quantitative estimate of drug-likeness (QED) is 0.685. The highest BCUT2D eigenvalue weighted by atomic mass is 79.9. The number of pyridine rings is 1. The van der Waals surface area contributed by atoms with E-state index in [0.29, 0.717) is 0 Å². The zero-order valence-electron chi connectivity index (χ0n) is 6.42. The summed E-state index contributed by atoms with van der Waals surface area (Å²) < 4.78 is 0.885. The Labute approximate surface area is 75.3 Å². The molecule has 0 unspecified atom stereocenters. The summed E-state index contributed by atoms with van der Waals surface area (Å²) in [4.78, 5) is 4.24. The molecule has 0 bridgehead atoms. The van der Waals surface area contributed by atoms with Gasteiger partial charge in [-0.1, -0.05) is 19.1 Å². The Bertz CT molecular complexity index is 255. The fraction of sp³-hybridized carbons (Fsp3) is 0.222. The van der Waals surface area contributed by atoms with Crippen molar-refractivity contribution in [3.05, 3.63) is 34.6 Å². The Morgan fingerprint density at radius 1 is 1.55 bits per heavy atom. The van der Waals surface area contributed by atoms with Gasteiger partial charge in [0.15, 0.2) is 0 Å². The van der Waals surface area contributed by atoms with E-state index >= 15 is 0 Å². The van der Waals surface area contributed by atoms with Gasteiger partial charge in [0.25, 0.3) is 0 Å². The van der Waals surface area contributed by atoms with Gasteiger partial charge in [-0.05, 0) is 40.6 Å². The van der Waals surface area contributed by atoms with E-state index in [9.17, 15) is 0 Å². The highest BCUT2D eigenvalue weighted by Crippen LogP contribution is 2.07. The summed E-state index contributed by atoms with van der Waals surface area (Å²) in [5.41, 5.74) is 1.00. The fourth-order valence-corrected chi connectivity index (χ4v) is 1.11. The van der Waals surface area contributed by atoms with Gasteiger partial charge in [0.05, 0.1) is 5.69 Å². The molecule has 0 aliphatic heterocycles.